The molecule has 0 spiro atoms. The average molecular weight is 571 g/mol. The van der Waals surface area contributed by atoms with E-state index in [1.165, 1.54) is 10.4 Å². The van der Waals surface area contributed by atoms with Gasteiger partial charge in [-0.3, -0.25) is 0 Å². The molecule has 0 radical (unpaired) electrons. The lowest BCUT2D eigenvalue weighted by Crippen LogP contribution is -2.66. The minimum absolute atomic E-state index is 0.0543. The summed E-state index contributed by atoms with van der Waals surface area (Å²) in [6, 6.07) is 35.2. The maximum Gasteiger partial charge on any atom is 0.343 e. The molecular weight excluding hydrogens is 532 g/mol. The molecule has 0 fully saturated rings. The van der Waals surface area contributed by atoms with Crippen molar-refractivity contribution in [2.45, 2.75) is 32.4 Å². The molecule has 0 N–H and O–H groups in total. The quantitative estimate of drug-likeness (QED) is 0.0648. The summed E-state index contributed by atoms with van der Waals surface area (Å²) in [6.07, 6.45) is 0. The van der Waals surface area contributed by atoms with Crippen LogP contribution in [-0.4, -0.2) is 41.4 Å². The van der Waals surface area contributed by atoms with Crippen molar-refractivity contribution < 1.29 is 28.2 Å². The van der Waals surface area contributed by atoms with Crippen LogP contribution in [0.5, 0.6) is 11.5 Å². The first-order valence-electron chi connectivity index (χ1n) is 13.7. The molecule has 0 aliphatic carbocycles. The topological polar surface area (TPSA) is 63.2 Å². The average Bonchev–Trinajstić information content (AvgIpc) is 2.99. The second-order valence-electron chi connectivity index (χ2n) is 10.6. The third kappa shape index (κ3) is 7.51. The number of hydrogen-bond donors (Lipinski definition) is 0. The van der Waals surface area contributed by atoms with E-state index in [2.05, 4.69) is 69.3 Å². The molecule has 7 heteroatoms. The van der Waals surface area contributed by atoms with E-state index in [0.717, 1.165) is 5.56 Å². The van der Waals surface area contributed by atoms with Crippen LogP contribution < -0.4 is 19.8 Å². The first kappa shape index (κ1) is 30.2. The minimum Gasteiger partial charge on any atom is -0.467 e. The van der Waals surface area contributed by atoms with E-state index in [0.29, 0.717) is 30.3 Å². The molecule has 0 aliphatic rings. The summed E-state index contributed by atoms with van der Waals surface area (Å²) >= 11 is 0. The highest BCUT2D eigenvalue weighted by Gasteiger charge is 2.50. The molecule has 0 aromatic heterocycles. The summed E-state index contributed by atoms with van der Waals surface area (Å²) < 4.78 is 29.5. The van der Waals surface area contributed by atoms with Crippen LogP contribution in [0, 0.1) is 0 Å². The summed E-state index contributed by atoms with van der Waals surface area (Å²) in [4.78, 5) is 12.8. The second-order valence-corrected chi connectivity index (χ2v) is 14.9. The van der Waals surface area contributed by atoms with Crippen LogP contribution >= 0.6 is 0 Å². The van der Waals surface area contributed by atoms with Gasteiger partial charge in [0.15, 0.2) is 6.79 Å². The summed E-state index contributed by atoms with van der Waals surface area (Å²) in [6.45, 7) is 7.89. The van der Waals surface area contributed by atoms with E-state index in [-0.39, 0.29) is 18.4 Å². The molecule has 6 nitrogen and oxygen atoms in total. The van der Waals surface area contributed by atoms with Gasteiger partial charge in [0.1, 0.15) is 11.5 Å². The third-order valence-corrected chi connectivity index (χ3v) is 11.8. The lowest BCUT2D eigenvalue weighted by Gasteiger charge is -2.43. The molecule has 0 aliphatic heterocycles. The molecule has 41 heavy (non-hydrogen) atoms. The van der Waals surface area contributed by atoms with Gasteiger partial charge in [0.2, 0.25) is 0 Å². The van der Waals surface area contributed by atoms with Gasteiger partial charge in [-0.15, -0.1) is 0 Å². The summed E-state index contributed by atoms with van der Waals surface area (Å²) in [5.41, 5.74) is 1.23. The van der Waals surface area contributed by atoms with Gasteiger partial charge in [0.25, 0.3) is 8.32 Å². The van der Waals surface area contributed by atoms with Crippen LogP contribution in [0.1, 0.15) is 36.7 Å². The number of benzene rings is 4. The lowest BCUT2D eigenvalue weighted by atomic mass is 10.2. The van der Waals surface area contributed by atoms with Crippen molar-refractivity contribution in [3.63, 3.8) is 0 Å². The molecule has 0 unspecified atom stereocenters. The van der Waals surface area contributed by atoms with Gasteiger partial charge in [-0.2, -0.15) is 0 Å². The van der Waals surface area contributed by atoms with Gasteiger partial charge in [-0.25, -0.2) is 4.79 Å². The number of carbonyl (C=O) groups is 1. The SMILES string of the molecule is COCCOCOc1ccc(OC(=O)c2ccccc2)cc1CO[Si](c1ccccc1)(c1ccccc1)C(C)(C)C. The monoisotopic (exact) mass is 570 g/mol. The van der Waals surface area contributed by atoms with Crippen LogP contribution in [0.2, 0.25) is 5.04 Å². The van der Waals surface area contributed by atoms with Crippen molar-refractivity contribution in [3.8, 4) is 11.5 Å². The van der Waals surface area contributed by atoms with Gasteiger partial charge >= 0.3 is 5.97 Å². The van der Waals surface area contributed by atoms with Crippen molar-refractivity contribution >= 4 is 24.7 Å². The normalized spacial score (nSPS) is 11.7. The number of rotatable bonds is 13. The second kappa shape index (κ2) is 14.2. The molecule has 0 heterocycles. The van der Waals surface area contributed by atoms with E-state index in [4.69, 9.17) is 23.4 Å². The summed E-state index contributed by atoms with van der Waals surface area (Å²) in [5.74, 6) is 0.577. The van der Waals surface area contributed by atoms with E-state index in [1.54, 1.807) is 43.5 Å². The fourth-order valence-corrected chi connectivity index (χ4v) is 9.39. The zero-order valence-corrected chi connectivity index (χ0v) is 25.2. The highest BCUT2D eigenvalue weighted by atomic mass is 28.4. The Morgan fingerprint density at radius 1 is 0.756 bits per heavy atom. The summed E-state index contributed by atoms with van der Waals surface area (Å²) in [5, 5.41) is 2.16. The van der Waals surface area contributed by atoms with Crippen molar-refractivity contribution in [1.29, 1.82) is 0 Å². The number of esters is 1. The Labute approximate surface area is 243 Å². The predicted molar refractivity (Wildman–Crippen MR) is 164 cm³/mol. The fraction of sp³-hybridized carbons (Fsp3) is 0.265. The minimum atomic E-state index is -2.82. The maximum absolute atomic E-state index is 12.8. The molecular formula is C34H38O6Si. The Balaban J connectivity index is 1.69. The van der Waals surface area contributed by atoms with Crippen molar-refractivity contribution in [2.24, 2.45) is 0 Å². The molecule has 214 valence electrons. The number of carbonyl (C=O) groups excluding carboxylic acids is 1. The van der Waals surface area contributed by atoms with Crippen LogP contribution in [0.25, 0.3) is 0 Å². The Kier molecular flexibility index (Phi) is 10.5. The summed E-state index contributed by atoms with van der Waals surface area (Å²) in [7, 11) is -1.19. The number of ether oxygens (including phenoxy) is 4. The smallest absolute Gasteiger partial charge is 0.343 e. The molecule has 0 saturated carbocycles. The van der Waals surface area contributed by atoms with Crippen molar-refractivity contribution in [2.75, 3.05) is 27.1 Å². The molecule has 0 atom stereocenters. The molecule has 0 amide bonds. The van der Waals surface area contributed by atoms with Crippen LogP contribution in [0.3, 0.4) is 0 Å². The predicted octanol–water partition coefficient (Wildman–Crippen LogP) is 5.98. The Morgan fingerprint density at radius 3 is 1.90 bits per heavy atom. The van der Waals surface area contributed by atoms with Crippen LogP contribution in [-0.2, 0) is 20.5 Å². The highest BCUT2D eigenvalue weighted by molar-refractivity contribution is 6.99. The molecule has 4 aromatic carbocycles. The van der Waals surface area contributed by atoms with Crippen molar-refractivity contribution in [3.05, 3.63) is 120 Å². The Morgan fingerprint density at radius 2 is 1.34 bits per heavy atom. The van der Waals surface area contributed by atoms with Gasteiger partial charge in [0, 0.05) is 12.7 Å². The largest absolute Gasteiger partial charge is 0.467 e. The fourth-order valence-electron chi connectivity index (χ4n) is 4.87. The van der Waals surface area contributed by atoms with Gasteiger partial charge in [-0.1, -0.05) is 99.6 Å². The molecule has 4 aromatic rings. The Bertz CT molecular complexity index is 1330. The number of hydrogen-bond acceptors (Lipinski definition) is 6. The Hall–Kier alpha value is -3.75. The standard InChI is InChI=1S/C34H38O6Si/c1-34(2,3)41(30-16-10-6-11-17-30,31-18-12-7-13-19-31)39-25-28-24-29(40-33(35)27-14-8-5-9-15-27)20-21-32(28)38-26-37-23-22-36-4/h5-21,24H,22-23,25-26H2,1-4H3. The zero-order valence-electron chi connectivity index (χ0n) is 24.2. The van der Waals surface area contributed by atoms with Gasteiger partial charge in [-0.05, 0) is 45.7 Å². The highest BCUT2D eigenvalue weighted by Crippen LogP contribution is 2.38. The zero-order chi connectivity index (χ0) is 29.1. The number of methoxy groups -OCH3 is 1. The van der Waals surface area contributed by atoms with E-state index in [1.807, 2.05) is 24.3 Å². The van der Waals surface area contributed by atoms with Crippen LogP contribution in [0.4, 0.5) is 0 Å². The van der Waals surface area contributed by atoms with Gasteiger partial charge in [0.05, 0.1) is 25.4 Å². The van der Waals surface area contributed by atoms with E-state index in [9.17, 15) is 4.79 Å². The molecule has 0 saturated heterocycles. The maximum atomic E-state index is 12.8. The first-order chi connectivity index (χ1) is 19.8. The molecule has 0 bridgehead atoms. The molecule has 4 rings (SSSR count). The van der Waals surface area contributed by atoms with E-state index < -0.39 is 14.3 Å². The lowest BCUT2D eigenvalue weighted by molar-refractivity contribution is -0.00925. The van der Waals surface area contributed by atoms with Crippen molar-refractivity contribution in [1.82, 2.24) is 0 Å². The van der Waals surface area contributed by atoms with E-state index >= 15 is 0 Å². The third-order valence-electron chi connectivity index (χ3n) is 6.84. The van der Waals surface area contributed by atoms with Gasteiger partial charge < -0.3 is 23.4 Å². The van der Waals surface area contributed by atoms with Crippen LogP contribution in [0.15, 0.2) is 109 Å². The first-order valence-corrected chi connectivity index (χ1v) is 15.6.